The van der Waals surface area contributed by atoms with Crippen molar-refractivity contribution in [2.45, 2.75) is 25.8 Å². The minimum absolute atomic E-state index is 0.0265. The molecule has 1 saturated carbocycles. The molecule has 1 aliphatic rings. The Balaban J connectivity index is 1.70. The van der Waals surface area contributed by atoms with Crippen LogP contribution in [0.4, 0.5) is 14.5 Å². The molecule has 1 amide bonds. The van der Waals surface area contributed by atoms with Crippen LogP contribution in [0.5, 0.6) is 0 Å². The number of benzene rings is 2. The highest BCUT2D eigenvalue weighted by Gasteiger charge is 2.46. The molecule has 3 rings (SSSR count). The molecule has 0 bridgehead atoms. The molecule has 1 fully saturated rings. The first kappa shape index (κ1) is 16.6. The summed E-state index contributed by atoms with van der Waals surface area (Å²) in [5, 5.41) is 6.12. The number of hydrogen-bond donors (Lipinski definition) is 2. The van der Waals surface area contributed by atoms with Crippen LogP contribution in [0.15, 0.2) is 42.5 Å². The van der Waals surface area contributed by atoms with Crippen molar-refractivity contribution in [1.29, 1.82) is 0 Å². The van der Waals surface area contributed by atoms with Crippen LogP contribution >= 0.6 is 0 Å². The Bertz CT molecular complexity index is 728. The molecule has 0 spiro atoms. The van der Waals surface area contributed by atoms with Crippen molar-refractivity contribution >= 4 is 11.6 Å². The molecule has 24 heavy (non-hydrogen) atoms. The van der Waals surface area contributed by atoms with Crippen LogP contribution < -0.4 is 10.6 Å². The van der Waals surface area contributed by atoms with Gasteiger partial charge in [-0.3, -0.25) is 4.79 Å². The molecule has 0 aromatic heterocycles. The first-order chi connectivity index (χ1) is 11.6. The van der Waals surface area contributed by atoms with Crippen LogP contribution in [0.1, 0.15) is 30.4 Å². The number of para-hydroxylation sites is 1. The number of carbonyl (C=O) groups excluding carboxylic acids is 1. The van der Waals surface area contributed by atoms with Gasteiger partial charge < -0.3 is 10.6 Å². The van der Waals surface area contributed by atoms with Gasteiger partial charge in [-0.05, 0) is 36.7 Å². The molecule has 0 heterocycles. The normalized spacial score (nSPS) is 19.1. The molecule has 2 aromatic carbocycles. The average Bonchev–Trinajstić information content (AvgIpc) is 3.34. The smallest absolute Gasteiger partial charge is 0.228 e. The number of anilines is 1. The number of carbonyl (C=O) groups is 1. The van der Waals surface area contributed by atoms with E-state index in [0.717, 1.165) is 17.8 Å². The fraction of sp³-hybridized carbons (Fsp3) is 0.316. The van der Waals surface area contributed by atoms with Gasteiger partial charge in [0, 0.05) is 29.6 Å². The third-order valence-corrected chi connectivity index (χ3v) is 4.34. The van der Waals surface area contributed by atoms with Crippen LogP contribution in [0.25, 0.3) is 0 Å². The molecule has 1 aliphatic carbocycles. The predicted octanol–water partition coefficient (Wildman–Crippen LogP) is 3.82. The van der Waals surface area contributed by atoms with Crippen LogP contribution in [0, 0.1) is 17.6 Å². The second-order valence-electron chi connectivity index (χ2n) is 6.01. The Hall–Kier alpha value is -2.27. The van der Waals surface area contributed by atoms with Gasteiger partial charge in [-0.1, -0.05) is 31.2 Å². The Morgan fingerprint density at radius 2 is 1.83 bits per heavy atom. The van der Waals surface area contributed by atoms with E-state index in [1.807, 2.05) is 31.2 Å². The lowest BCUT2D eigenvalue weighted by Gasteiger charge is -2.11. The summed E-state index contributed by atoms with van der Waals surface area (Å²) < 4.78 is 27.7. The van der Waals surface area contributed by atoms with E-state index in [-0.39, 0.29) is 23.3 Å². The van der Waals surface area contributed by atoms with Crippen LogP contribution in [0.2, 0.25) is 0 Å². The Morgan fingerprint density at radius 1 is 1.12 bits per heavy atom. The quantitative estimate of drug-likeness (QED) is 0.845. The minimum Gasteiger partial charge on any atom is -0.326 e. The predicted molar refractivity (Wildman–Crippen MR) is 89.7 cm³/mol. The lowest BCUT2D eigenvalue weighted by atomic mass is 10.1. The zero-order valence-corrected chi connectivity index (χ0v) is 13.5. The maximum absolute atomic E-state index is 13.8. The Morgan fingerprint density at radius 3 is 2.54 bits per heavy atom. The lowest BCUT2D eigenvalue weighted by molar-refractivity contribution is -0.117. The van der Waals surface area contributed by atoms with E-state index in [9.17, 15) is 13.6 Å². The second-order valence-corrected chi connectivity index (χ2v) is 6.01. The van der Waals surface area contributed by atoms with Gasteiger partial charge in [0.2, 0.25) is 5.91 Å². The van der Waals surface area contributed by atoms with Crippen molar-refractivity contribution in [3.8, 4) is 0 Å². The van der Waals surface area contributed by atoms with Crippen molar-refractivity contribution in [2.75, 3.05) is 11.9 Å². The van der Waals surface area contributed by atoms with E-state index in [1.165, 1.54) is 18.2 Å². The molecular weight excluding hydrogens is 310 g/mol. The Labute approximate surface area is 140 Å². The molecule has 126 valence electrons. The summed E-state index contributed by atoms with van der Waals surface area (Å²) >= 11 is 0. The fourth-order valence-corrected chi connectivity index (χ4v) is 2.95. The highest BCUT2D eigenvalue weighted by atomic mass is 19.1. The zero-order chi connectivity index (χ0) is 17.1. The highest BCUT2D eigenvalue weighted by Crippen LogP contribution is 2.49. The van der Waals surface area contributed by atoms with Gasteiger partial charge in [-0.2, -0.15) is 0 Å². The van der Waals surface area contributed by atoms with Crippen LogP contribution in [0.3, 0.4) is 0 Å². The second kappa shape index (κ2) is 7.09. The topological polar surface area (TPSA) is 41.1 Å². The van der Waals surface area contributed by atoms with Gasteiger partial charge in [0.05, 0.1) is 0 Å². The molecule has 0 saturated heterocycles. The van der Waals surface area contributed by atoms with Crippen LogP contribution in [-0.2, 0) is 11.3 Å². The van der Waals surface area contributed by atoms with Crippen molar-refractivity contribution in [1.82, 2.24) is 5.32 Å². The molecule has 0 radical (unpaired) electrons. The van der Waals surface area contributed by atoms with Gasteiger partial charge in [0.25, 0.3) is 0 Å². The van der Waals surface area contributed by atoms with E-state index in [2.05, 4.69) is 10.6 Å². The van der Waals surface area contributed by atoms with Gasteiger partial charge in [0.1, 0.15) is 11.6 Å². The van der Waals surface area contributed by atoms with E-state index in [4.69, 9.17) is 0 Å². The maximum Gasteiger partial charge on any atom is 0.228 e. The minimum atomic E-state index is -0.581. The third kappa shape index (κ3) is 3.46. The zero-order valence-electron chi connectivity index (χ0n) is 13.5. The highest BCUT2D eigenvalue weighted by molar-refractivity contribution is 5.95. The molecule has 2 aromatic rings. The summed E-state index contributed by atoms with van der Waals surface area (Å²) in [6.45, 7) is 3.50. The van der Waals surface area contributed by atoms with Crippen LogP contribution in [-0.4, -0.2) is 12.5 Å². The van der Waals surface area contributed by atoms with Gasteiger partial charge in [-0.25, -0.2) is 8.78 Å². The van der Waals surface area contributed by atoms with Crippen molar-refractivity contribution in [3.63, 3.8) is 0 Å². The maximum atomic E-state index is 13.8. The monoisotopic (exact) mass is 330 g/mol. The first-order valence-corrected chi connectivity index (χ1v) is 8.15. The average molecular weight is 330 g/mol. The summed E-state index contributed by atoms with van der Waals surface area (Å²) in [5.41, 5.74) is 1.75. The number of hydrogen-bond acceptors (Lipinski definition) is 2. The van der Waals surface area contributed by atoms with E-state index >= 15 is 0 Å². The van der Waals surface area contributed by atoms with Gasteiger partial charge >= 0.3 is 0 Å². The standard InChI is InChI=1S/C19H20F2N2O/c1-2-22-11-12-6-3-4-9-17(12)23-19(24)14-10-13(14)18-15(20)7-5-8-16(18)21/h3-9,13-14,22H,2,10-11H2,1H3,(H,23,24). The largest absolute Gasteiger partial charge is 0.326 e. The molecule has 2 atom stereocenters. The van der Waals surface area contributed by atoms with Gasteiger partial charge in [0.15, 0.2) is 0 Å². The van der Waals surface area contributed by atoms with Gasteiger partial charge in [-0.15, -0.1) is 0 Å². The fourth-order valence-electron chi connectivity index (χ4n) is 2.95. The number of halogens is 2. The molecule has 2 N–H and O–H groups in total. The molecule has 5 heteroatoms. The molecule has 0 aliphatic heterocycles. The summed E-state index contributed by atoms with van der Waals surface area (Å²) in [7, 11) is 0. The first-order valence-electron chi connectivity index (χ1n) is 8.15. The number of amides is 1. The lowest BCUT2D eigenvalue weighted by Crippen LogP contribution is -2.18. The SMILES string of the molecule is CCNCc1ccccc1NC(=O)C1CC1c1c(F)cccc1F. The molecule has 3 nitrogen and oxygen atoms in total. The van der Waals surface area contributed by atoms with Crippen molar-refractivity contribution < 1.29 is 13.6 Å². The summed E-state index contributed by atoms with van der Waals surface area (Å²) in [5.74, 6) is -2.12. The number of rotatable bonds is 6. The summed E-state index contributed by atoms with van der Waals surface area (Å²) in [6, 6.07) is 11.4. The summed E-state index contributed by atoms with van der Waals surface area (Å²) in [4.78, 5) is 12.4. The van der Waals surface area contributed by atoms with E-state index in [1.54, 1.807) is 0 Å². The van der Waals surface area contributed by atoms with Crippen molar-refractivity contribution in [3.05, 3.63) is 65.2 Å². The molecule has 2 unspecified atom stereocenters. The van der Waals surface area contributed by atoms with E-state index < -0.39 is 11.6 Å². The summed E-state index contributed by atoms with van der Waals surface area (Å²) in [6.07, 6.45) is 0.471. The third-order valence-electron chi connectivity index (χ3n) is 4.34. The number of nitrogens with one attached hydrogen (secondary N) is 2. The van der Waals surface area contributed by atoms with E-state index in [0.29, 0.717) is 13.0 Å². The molecular formula is C19H20F2N2O. The Kier molecular flexibility index (Phi) is 4.90. The van der Waals surface area contributed by atoms with Crippen molar-refractivity contribution in [2.24, 2.45) is 5.92 Å².